The average Bonchev–Trinajstić information content (AvgIpc) is 3.05. The number of carbonyl (C=O) groups is 2. The zero-order valence-corrected chi connectivity index (χ0v) is 19.9. The van der Waals surface area contributed by atoms with Crippen LogP contribution in [-0.2, 0) is 13.0 Å². The van der Waals surface area contributed by atoms with Crippen LogP contribution in [-0.4, -0.2) is 18.9 Å². The van der Waals surface area contributed by atoms with Crippen LogP contribution in [0.25, 0.3) is 0 Å². The smallest absolute Gasteiger partial charge is 0.258 e. The largest absolute Gasteiger partial charge is 0.495 e. The highest BCUT2D eigenvalue weighted by Gasteiger charge is 2.25. The van der Waals surface area contributed by atoms with E-state index < -0.39 is 0 Å². The number of hydrogen-bond donors (Lipinski definition) is 1. The number of amides is 2. The van der Waals surface area contributed by atoms with Crippen molar-refractivity contribution in [2.24, 2.45) is 0 Å². The average molecular weight is 483 g/mol. The molecule has 0 fully saturated rings. The fraction of sp³-hybridized carbons (Fsp3) is 0.103. The van der Waals surface area contributed by atoms with Gasteiger partial charge in [-0.05, 0) is 71.6 Å². The fourth-order valence-corrected chi connectivity index (χ4v) is 4.51. The molecule has 2 amide bonds. The summed E-state index contributed by atoms with van der Waals surface area (Å²) < 4.78 is 5.30. The Morgan fingerprint density at radius 2 is 1.49 bits per heavy atom. The van der Waals surface area contributed by atoms with E-state index >= 15 is 0 Å². The number of nitrogens with one attached hydrogen (secondary N) is 1. The Morgan fingerprint density at radius 1 is 0.829 bits per heavy atom. The van der Waals surface area contributed by atoms with E-state index in [4.69, 9.17) is 16.3 Å². The number of ether oxygens (including phenoxy) is 1. The molecule has 1 N–H and O–H groups in total. The van der Waals surface area contributed by atoms with Crippen molar-refractivity contribution in [3.8, 4) is 5.75 Å². The van der Waals surface area contributed by atoms with Crippen molar-refractivity contribution in [1.29, 1.82) is 0 Å². The highest BCUT2D eigenvalue weighted by molar-refractivity contribution is 6.31. The number of para-hydroxylation sites is 1. The predicted octanol–water partition coefficient (Wildman–Crippen LogP) is 6.35. The van der Waals surface area contributed by atoms with Crippen LogP contribution < -0.4 is 15.0 Å². The predicted molar refractivity (Wildman–Crippen MR) is 139 cm³/mol. The summed E-state index contributed by atoms with van der Waals surface area (Å²) in [5.74, 6) is 0.0749. The van der Waals surface area contributed by atoms with E-state index in [1.54, 1.807) is 42.5 Å². The third-order valence-electron chi connectivity index (χ3n) is 6.16. The normalized spacial score (nSPS) is 12.2. The van der Waals surface area contributed by atoms with Crippen molar-refractivity contribution in [3.63, 3.8) is 0 Å². The summed E-state index contributed by atoms with van der Waals surface area (Å²) in [6.45, 7) is 0.489. The summed E-state index contributed by atoms with van der Waals surface area (Å²) in [6, 6.07) is 27.9. The highest BCUT2D eigenvalue weighted by Crippen LogP contribution is 2.32. The second-order valence-corrected chi connectivity index (χ2v) is 8.78. The van der Waals surface area contributed by atoms with E-state index in [0.29, 0.717) is 34.1 Å². The summed E-state index contributed by atoms with van der Waals surface area (Å²) in [5.41, 5.74) is 5.77. The number of hydrogen-bond acceptors (Lipinski definition) is 3. The molecule has 5 nitrogen and oxygen atoms in total. The Kier molecular flexibility index (Phi) is 6.25. The molecular weight excluding hydrogens is 460 g/mol. The van der Waals surface area contributed by atoms with E-state index in [2.05, 4.69) is 23.5 Å². The minimum absolute atomic E-state index is 0.113. The van der Waals surface area contributed by atoms with Crippen LogP contribution in [0.4, 0.5) is 11.4 Å². The molecule has 4 aromatic rings. The lowest BCUT2D eigenvalue weighted by Crippen LogP contribution is -2.30. The van der Waals surface area contributed by atoms with Gasteiger partial charge in [0.1, 0.15) is 5.75 Å². The maximum Gasteiger partial charge on any atom is 0.258 e. The topological polar surface area (TPSA) is 58.6 Å². The molecular formula is C29H23ClN2O3. The Hall–Kier alpha value is -4.09. The second-order valence-electron chi connectivity index (χ2n) is 8.34. The Balaban J connectivity index is 1.40. The van der Waals surface area contributed by atoms with E-state index in [-0.39, 0.29) is 11.8 Å². The molecule has 0 spiro atoms. The molecule has 5 rings (SSSR count). The van der Waals surface area contributed by atoms with Crippen LogP contribution >= 0.6 is 11.6 Å². The third kappa shape index (κ3) is 4.63. The molecule has 4 aromatic carbocycles. The lowest BCUT2D eigenvalue weighted by atomic mass is 10.0. The molecule has 0 unspecified atom stereocenters. The van der Waals surface area contributed by atoms with Crippen molar-refractivity contribution in [2.45, 2.75) is 13.0 Å². The molecule has 0 aromatic heterocycles. The number of carbonyl (C=O) groups excluding carboxylic acids is 2. The molecule has 1 heterocycles. The van der Waals surface area contributed by atoms with Crippen molar-refractivity contribution in [2.75, 3.05) is 17.3 Å². The van der Waals surface area contributed by atoms with Gasteiger partial charge in [-0.1, -0.05) is 54.1 Å². The number of nitrogens with zero attached hydrogens (tertiary/aromatic N) is 1. The fourth-order valence-electron chi connectivity index (χ4n) is 4.34. The molecule has 1 aliphatic rings. The number of rotatable bonds is 4. The molecule has 0 bridgehead atoms. The first kappa shape index (κ1) is 22.7. The summed E-state index contributed by atoms with van der Waals surface area (Å²) in [4.78, 5) is 28.2. The van der Waals surface area contributed by atoms with Gasteiger partial charge in [-0.25, -0.2) is 0 Å². The molecule has 174 valence electrons. The molecule has 0 radical (unpaired) electrons. The monoisotopic (exact) mass is 482 g/mol. The van der Waals surface area contributed by atoms with Gasteiger partial charge in [0.25, 0.3) is 11.8 Å². The van der Waals surface area contributed by atoms with Crippen LogP contribution in [0, 0.1) is 0 Å². The van der Waals surface area contributed by atoms with Gasteiger partial charge in [0.15, 0.2) is 0 Å². The van der Waals surface area contributed by atoms with Gasteiger partial charge in [-0.15, -0.1) is 0 Å². The van der Waals surface area contributed by atoms with Gasteiger partial charge >= 0.3 is 0 Å². The van der Waals surface area contributed by atoms with Gasteiger partial charge in [0, 0.05) is 21.8 Å². The SMILES string of the molecule is COc1ccc(Cl)cc1NC(=O)c1ccc(C(=O)N2Cc3ccccc3Cc3ccccc32)cc1. The standard InChI is InChI=1S/C29H23ClN2O3/c1-35-27-15-14-24(30)17-25(27)31-28(33)19-10-12-20(13-11-19)29(34)32-18-23-8-3-2-6-21(23)16-22-7-4-5-9-26(22)32/h2-15,17H,16,18H2,1H3,(H,31,33). The number of halogens is 1. The zero-order valence-electron chi connectivity index (χ0n) is 19.1. The summed E-state index contributed by atoms with van der Waals surface area (Å²) >= 11 is 6.06. The summed E-state index contributed by atoms with van der Waals surface area (Å²) in [6.07, 6.45) is 0.780. The van der Waals surface area contributed by atoms with Crippen LogP contribution in [0.5, 0.6) is 5.75 Å². The molecule has 1 aliphatic heterocycles. The van der Waals surface area contributed by atoms with Gasteiger partial charge < -0.3 is 15.0 Å². The maximum atomic E-state index is 13.6. The van der Waals surface area contributed by atoms with E-state index in [0.717, 1.165) is 23.2 Å². The van der Waals surface area contributed by atoms with Crippen LogP contribution in [0.15, 0.2) is 91.0 Å². The van der Waals surface area contributed by atoms with E-state index in [1.807, 2.05) is 35.2 Å². The Bertz CT molecular complexity index is 1420. The zero-order chi connectivity index (χ0) is 24.4. The van der Waals surface area contributed by atoms with Crippen molar-refractivity contribution < 1.29 is 14.3 Å². The highest BCUT2D eigenvalue weighted by atomic mass is 35.5. The van der Waals surface area contributed by atoms with Crippen LogP contribution in [0.2, 0.25) is 5.02 Å². The molecule has 6 heteroatoms. The van der Waals surface area contributed by atoms with Gasteiger partial charge in [-0.3, -0.25) is 9.59 Å². The first-order valence-corrected chi connectivity index (χ1v) is 11.6. The minimum atomic E-state index is -0.321. The van der Waals surface area contributed by atoms with Gasteiger partial charge in [0.2, 0.25) is 0 Å². The lowest BCUT2D eigenvalue weighted by molar-refractivity contribution is 0.0982. The lowest BCUT2D eigenvalue weighted by Gasteiger charge is -2.23. The summed E-state index contributed by atoms with van der Waals surface area (Å²) in [5, 5.41) is 3.31. The third-order valence-corrected chi connectivity index (χ3v) is 6.39. The molecule has 35 heavy (non-hydrogen) atoms. The van der Waals surface area contributed by atoms with Crippen LogP contribution in [0.3, 0.4) is 0 Å². The van der Waals surface area contributed by atoms with Crippen LogP contribution in [0.1, 0.15) is 37.4 Å². The first-order chi connectivity index (χ1) is 17.0. The Labute approximate surface area is 208 Å². The molecule has 0 saturated heterocycles. The number of anilines is 2. The number of methoxy groups -OCH3 is 1. The quantitative estimate of drug-likeness (QED) is 0.368. The van der Waals surface area contributed by atoms with Crippen molar-refractivity contribution >= 4 is 34.8 Å². The number of fused-ring (bicyclic) bond motifs is 2. The molecule has 0 saturated carbocycles. The first-order valence-electron chi connectivity index (χ1n) is 11.2. The van der Waals surface area contributed by atoms with Crippen molar-refractivity contribution in [1.82, 2.24) is 0 Å². The number of benzene rings is 4. The molecule has 0 atom stereocenters. The maximum absolute atomic E-state index is 13.6. The Morgan fingerprint density at radius 3 is 2.23 bits per heavy atom. The second kappa shape index (κ2) is 9.65. The van der Waals surface area contributed by atoms with Crippen molar-refractivity contribution in [3.05, 3.63) is 124 Å². The van der Waals surface area contributed by atoms with E-state index in [1.165, 1.54) is 12.7 Å². The minimum Gasteiger partial charge on any atom is -0.495 e. The van der Waals surface area contributed by atoms with Gasteiger partial charge in [0.05, 0.1) is 19.3 Å². The van der Waals surface area contributed by atoms with Gasteiger partial charge in [-0.2, -0.15) is 0 Å². The molecule has 0 aliphatic carbocycles. The summed E-state index contributed by atoms with van der Waals surface area (Å²) in [7, 11) is 1.53. The van der Waals surface area contributed by atoms with E-state index in [9.17, 15) is 9.59 Å².